The molecule has 0 saturated heterocycles. The van der Waals surface area contributed by atoms with Gasteiger partial charge in [-0.2, -0.15) is 0 Å². The fourth-order valence-electron chi connectivity index (χ4n) is 2.72. The third-order valence-electron chi connectivity index (χ3n) is 3.99. The van der Waals surface area contributed by atoms with Gasteiger partial charge < -0.3 is 21.0 Å². The summed E-state index contributed by atoms with van der Waals surface area (Å²) in [6.45, 7) is 1.59. The first-order valence-electron chi connectivity index (χ1n) is 8.38. The molecule has 0 amide bonds. The highest BCUT2D eigenvalue weighted by atomic mass is 32.2. The van der Waals surface area contributed by atoms with E-state index in [1.807, 2.05) is 0 Å². The van der Waals surface area contributed by atoms with E-state index in [9.17, 15) is 13.2 Å². The predicted molar refractivity (Wildman–Crippen MR) is 109 cm³/mol. The smallest absolute Gasteiger partial charge is 0.211 e. The molecule has 0 spiro atoms. The van der Waals surface area contributed by atoms with Crippen LogP contribution in [0.2, 0.25) is 0 Å². The van der Waals surface area contributed by atoms with Gasteiger partial charge in [0.2, 0.25) is 5.78 Å². The average molecular weight is 397 g/mol. The van der Waals surface area contributed by atoms with E-state index in [1.165, 1.54) is 18.2 Å². The Labute approximate surface area is 163 Å². The summed E-state index contributed by atoms with van der Waals surface area (Å²) in [4.78, 5) is 20.3. The number of aromatic nitrogens is 2. The summed E-state index contributed by atoms with van der Waals surface area (Å²) in [7, 11) is -1.03. The van der Waals surface area contributed by atoms with Gasteiger partial charge in [-0.05, 0) is 43.3 Å². The van der Waals surface area contributed by atoms with Gasteiger partial charge in [-0.1, -0.05) is 6.07 Å². The number of carbonyl (C=O) groups excluding carboxylic acids is 1. The van der Waals surface area contributed by atoms with Crippen LogP contribution in [0.1, 0.15) is 17.3 Å². The first-order chi connectivity index (χ1) is 13.4. The number of fused-ring (bicyclic) bond motifs is 1. The number of nitrogens with zero attached hydrogens (tertiary/aromatic N) is 1. The van der Waals surface area contributed by atoms with Crippen molar-refractivity contribution in [2.24, 2.45) is 0 Å². The molecule has 0 fully saturated rings. The molecule has 2 aromatic heterocycles. The Bertz CT molecular complexity index is 1170. The highest BCUT2D eigenvalue weighted by Crippen LogP contribution is 2.23. The number of ketones is 1. The molecule has 0 aliphatic carbocycles. The van der Waals surface area contributed by atoms with Crippen molar-refractivity contribution in [2.75, 3.05) is 12.4 Å². The van der Waals surface area contributed by atoms with Crippen LogP contribution in [-0.4, -0.2) is 36.9 Å². The molecule has 2 heterocycles. The zero-order valence-electron chi connectivity index (χ0n) is 15.2. The van der Waals surface area contributed by atoms with Crippen LogP contribution in [0.15, 0.2) is 59.3 Å². The van der Waals surface area contributed by atoms with Crippen LogP contribution in [0.25, 0.3) is 11.0 Å². The van der Waals surface area contributed by atoms with Gasteiger partial charge in [-0.25, -0.2) is 13.4 Å². The van der Waals surface area contributed by atoms with E-state index in [-0.39, 0.29) is 16.4 Å². The number of anilines is 2. The lowest BCUT2D eigenvalue weighted by molar-refractivity contribution is 0.103. The normalized spacial score (nSPS) is 11.6. The quantitative estimate of drug-likeness (QED) is 0.180. The maximum atomic E-state index is 12.7. The van der Waals surface area contributed by atoms with Crippen molar-refractivity contribution in [3.63, 3.8) is 0 Å². The van der Waals surface area contributed by atoms with E-state index in [0.29, 0.717) is 33.8 Å². The second-order valence-electron chi connectivity index (χ2n) is 6.05. The second kappa shape index (κ2) is 8.05. The van der Waals surface area contributed by atoms with E-state index < -0.39 is 10.7 Å². The topological polar surface area (TPSA) is 128 Å². The third-order valence-corrected chi connectivity index (χ3v) is 4.69. The number of carbonyl (C=O) groups is 1. The molecule has 0 atom stereocenters. The standard InChI is InChI=1S/C19H19N5O3S/c1-11(20)8-16(21-2)18(25)15-10-22-19-14(15)6-7-17(24-19)23-12-4-3-5-13(9-12)28(26)27/h3-10,20-21,28H,1-2H3,(H2,22,23,24)/b16-8-,20-11?. The van der Waals surface area contributed by atoms with E-state index >= 15 is 0 Å². The van der Waals surface area contributed by atoms with Gasteiger partial charge >= 0.3 is 0 Å². The fourth-order valence-corrected chi connectivity index (χ4v) is 3.17. The first kappa shape index (κ1) is 19.3. The lowest BCUT2D eigenvalue weighted by atomic mass is 10.1. The lowest BCUT2D eigenvalue weighted by Gasteiger charge is -2.07. The number of likely N-dealkylation sites (N-methyl/N-ethyl adjacent to an activating group) is 1. The van der Waals surface area contributed by atoms with E-state index in [2.05, 4.69) is 20.6 Å². The van der Waals surface area contributed by atoms with Crippen LogP contribution < -0.4 is 10.6 Å². The predicted octanol–water partition coefficient (Wildman–Crippen LogP) is 2.60. The maximum Gasteiger partial charge on any atom is 0.211 e. The van der Waals surface area contributed by atoms with Crippen LogP contribution in [0.5, 0.6) is 0 Å². The Morgan fingerprint density at radius 3 is 2.71 bits per heavy atom. The Morgan fingerprint density at radius 2 is 2.04 bits per heavy atom. The van der Waals surface area contributed by atoms with Crippen LogP contribution in [0.3, 0.4) is 0 Å². The summed E-state index contributed by atoms with van der Waals surface area (Å²) in [5.41, 5.74) is 2.14. The van der Waals surface area contributed by atoms with Crippen molar-refractivity contribution >= 4 is 44.7 Å². The molecule has 1 aromatic carbocycles. The minimum atomic E-state index is -2.66. The van der Waals surface area contributed by atoms with Crippen molar-refractivity contribution in [3.05, 3.63) is 59.9 Å². The summed E-state index contributed by atoms with van der Waals surface area (Å²) in [5.74, 6) is 0.265. The Hall–Kier alpha value is -3.46. The molecule has 9 heteroatoms. The Kier molecular flexibility index (Phi) is 5.55. The molecule has 0 saturated carbocycles. The summed E-state index contributed by atoms with van der Waals surface area (Å²) >= 11 is 0. The number of H-pyrrole nitrogens is 1. The number of thiol groups is 1. The van der Waals surface area contributed by atoms with Crippen LogP contribution in [0, 0.1) is 5.41 Å². The van der Waals surface area contributed by atoms with Gasteiger partial charge in [0.15, 0.2) is 10.7 Å². The van der Waals surface area contributed by atoms with Gasteiger partial charge in [0.05, 0.1) is 16.2 Å². The molecular weight excluding hydrogens is 378 g/mol. The summed E-state index contributed by atoms with van der Waals surface area (Å²) in [6.07, 6.45) is 3.05. The van der Waals surface area contributed by atoms with E-state index in [0.717, 1.165) is 0 Å². The molecule has 0 radical (unpaired) electrons. The summed E-state index contributed by atoms with van der Waals surface area (Å²) in [5, 5.41) is 14.1. The molecule has 0 unspecified atom stereocenters. The number of hydrogen-bond donors (Lipinski definition) is 5. The number of nitrogens with one attached hydrogen (secondary N) is 4. The Morgan fingerprint density at radius 1 is 1.25 bits per heavy atom. The minimum Gasteiger partial charge on any atom is -0.385 e. The van der Waals surface area contributed by atoms with E-state index in [4.69, 9.17) is 5.41 Å². The molecule has 3 aromatic rings. The largest absolute Gasteiger partial charge is 0.385 e. The number of allylic oxidation sites excluding steroid dienone is 2. The van der Waals surface area contributed by atoms with Crippen molar-refractivity contribution in [3.8, 4) is 0 Å². The molecular formula is C19H19N5O3S. The Balaban J connectivity index is 1.91. The van der Waals surface area contributed by atoms with Gasteiger partial charge in [-0.15, -0.1) is 0 Å². The van der Waals surface area contributed by atoms with Crippen LogP contribution in [0.4, 0.5) is 11.5 Å². The highest BCUT2D eigenvalue weighted by Gasteiger charge is 2.17. The molecule has 0 aliphatic rings. The van der Waals surface area contributed by atoms with Gasteiger partial charge in [0.25, 0.3) is 0 Å². The zero-order chi connectivity index (χ0) is 20.3. The lowest BCUT2D eigenvalue weighted by Crippen LogP contribution is -2.17. The zero-order valence-corrected chi connectivity index (χ0v) is 16.1. The van der Waals surface area contributed by atoms with Crippen LogP contribution >= 0.6 is 0 Å². The minimum absolute atomic E-state index is 0.210. The fraction of sp³-hybridized carbons (Fsp3) is 0.105. The third kappa shape index (κ3) is 4.09. The van der Waals surface area contributed by atoms with Crippen molar-refractivity contribution in [1.29, 1.82) is 5.41 Å². The van der Waals surface area contributed by atoms with Crippen LogP contribution in [-0.2, 0) is 10.7 Å². The monoisotopic (exact) mass is 397 g/mol. The summed E-state index contributed by atoms with van der Waals surface area (Å²) < 4.78 is 22.3. The molecule has 8 nitrogen and oxygen atoms in total. The number of aromatic amines is 1. The highest BCUT2D eigenvalue weighted by molar-refractivity contribution is 7.72. The number of hydrogen-bond acceptors (Lipinski definition) is 7. The molecule has 0 bridgehead atoms. The SMILES string of the molecule is CN/C(=C\C(C)=N)C(=O)c1c[nH]c2nc(Nc3cccc([SH](=O)=O)c3)ccc12. The van der Waals surface area contributed by atoms with Gasteiger partial charge in [0, 0.05) is 30.0 Å². The first-order valence-corrected chi connectivity index (χ1v) is 9.55. The maximum absolute atomic E-state index is 12.7. The van der Waals surface area contributed by atoms with Gasteiger partial charge in [-0.3, -0.25) is 4.79 Å². The second-order valence-corrected chi connectivity index (χ2v) is 7.08. The van der Waals surface area contributed by atoms with Gasteiger partial charge in [0.1, 0.15) is 11.5 Å². The number of Topliss-reactive ketones (excluding diaryl/α,β-unsaturated/α-hetero) is 1. The van der Waals surface area contributed by atoms with Crippen molar-refractivity contribution < 1.29 is 13.2 Å². The molecule has 0 aliphatic heterocycles. The molecule has 28 heavy (non-hydrogen) atoms. The molecule has 4 N–H and O–H groups in total. The van der Waals surface area contributed by atoms with Crippen molar-refractivity contribution in [2.45, 2.75) is 11.8 Å². The number of benzene rings is 1. The average Bonchev–Trinajstić information content (AvgIpc) is 3.08. The molecule has 3 rings (SSSR count). The number of pyridine rings is 1. The molecule has 144 valence electrons. The van der Waals surface area contributed by atoms with E-state index in [1.54, 1.807) is 44.4 Å². The summed E-state index contributed by atoms with van der Waals surface area (Å²) in [6, 6.07) is 9.88. The number of rotatable bonds is 7. The van der Waals surface area contributed by atoms with Crippen molar-refractivity contribution in [1.82, 2.24) is 15.3 Å².